The molecular weight excluding hydrogens is 508 g/mol. The van der Waals surface area contributed by atoms with Gasteiger partial charge in [-0.15, -0.1) is 0 Å². The third-order valence-corrected chi connectivity index (χ3v) is 7.31. The van der Waals surface area contributed by atoms with E-state index in [1.54, 1.807) is 77.9 Å². The molecule has 0 atom stereocenters. The summed E-state index contributed by atoms with van der Waals surface area (Å²) in [6, 6.07) is 16.1. The largest absolute Gasteiger partial charge is 0.442 e. The van der Waals surface area contributed by atoms with Gasteiger partial charge in [-0.25, -0.2) is 9.59 Å². The molecule has 2 amide bonds. The van der Waals surface area contributed by atoms with Crippen LogP contribution in [0.25, 0.3) is 0 Å². The molecule has 0 aliphatic rings. The lowest BCUT2D eigenvalue weighted by molar-refractivity contribution is -0.0341. The maximum atomic E-state index is 13.1. The van der Waals surface area contributed by atoms with Crippen LogP contribution < -0.4 is 10.6 Å². The van der Waals surface area contributed by atoms with Gasteiger partial charge in [-0.3, -0.25) is 9.59 Å². The summed E-state index contributed by atoms with van der Waals surface area (Å²) < 4.78 is 11.0. The lowest BCUT2D eigenvalue weighted by atomic mass is 9.71. The number of hydrogen-bond donors (Lipinski definition) is 2. The van der Waals surface area contributed by atoms with Crippen LogP contribution >= 0.6 is 0 Å². The van der Waals surface area contributed by atoms with Crippen LogP contribution in [0.1, 0.15) is 93.5 Å². The molecule has 0 aromatic heterocycles. The van der Waals surface area contributed by atoms with Crippen LogP contribution in [-0.2, 0) is 9.47 Å². The number of rotatable bonds is 14. The molecule has 218 valence electrons. The average molecular weight is 553 g/mol. The van der Waals surface area contributed by atoms with E-state index in [1.165, 1.54) is 0 Å². The first-order valence-corrected chi connectivity index (χ1v) is 13.8. The fourth-order valence-electron chi connectivity index (χ4n) is 3.97. The fourth-order valence-corrected chi connectivity index (χ4v) is 3.97. The van der Waals surface area contributed by atoms with Gasteiger partial charge in [-0.05, 0) is 61.3 Å². The number of aryl methyl sites for hydroxylation is 1. The van der Waals surface area contributed by atoms with Crippen LogP contribution in [0.15, 0.2) is 54.6 Å². The Morgan fingerprint density at radius 3 is 1.62 bits per heavy atom. The first kappa shape index (κ1) is 32.5. The van der Waals surface area contributed by atoms with Gasteiger partial charge in [0.2, 0.25) is 5.78 Å². The topological polar surface area (TPSA) is 111 Å². The second-order valence-corrected chi connectivity index (χ2v) is 11.6. The van der Waals surface area contributed by atoms with Crippen LogP contribution in [0, 0.1) is 12.3 Å². The van der Waals surface area contributed by atoms with Crippen molar-refractivity contribution in [1.29, 1.82) is 0 Å². The summed E-state index contributed by atoms with van der Waals surface area (Å²) in [5.74, 6) is -0.353. The number of nitrogens with one attached hydrogen (secondary N) is 2. The normalized spacial score (nSPS) is 11.9. The molecule has 8 nitrogen and oxygen atoms in total. The van der Waals surface area contributed by atoms with E-state index < -0.39 is 28.8 Å². The second kappa shape index (κ2) is 14.1. The number of amides is 2. The molecule has 0 radical (unpaired) electrons. The van der Waals surface area contributed by atoms with Gasteiger partial charge >= 0.3 is 12.2 Å². The number of unbranched alkanes of at least 4 members (excludes halogenated alkanes) is 3. The minimum atomic E-state index is -1.27. The van der Waals surface area contributed by atoms with Crippen LogP contribution in [-0.4, -0.2) is 48.0 Å². The van der Waals surface area contributed by atoms with Gasteiger partial charge in [0.25, 0.3) is 0 Å². The Hall–Kier alpha value is -3.68. The summed E-state index contributed by atoms with van der Waals surface area (Å²) in [6.07, 6.45) is 1.96. The Morgan fingerprint density at radius 1 is 0.625 bits per heavy atom. The monoisotopic (exact) mass is 552 g/mol. The molecule has 0 heterocycles. The highest BCUT2D eigenvalue weighted by Crippen LogP contribution is 2.37. The number of alkyl carbamates (subject to hydrolysis) is 2. The Balaban J connectivity index is 1.64. The van der Waals surface area contributed by atoms with E-state index in [4.69, 9.17) is 9.47 Å². The Kier molecular flexibility index (Phi) is 11.5. The molecule has 0 bridgehead atoms. The van der Waals surface area contributed by atoms with E-state index in [0.29, 0.717) is 24.2 Å². The molecule has 0 aliphatic carbocycles. The quantitative estimate of drug-likeness (QED) is 0.200. The predicted molar refractivity (Wildman–Crippen MR) is 156 cm³/mol. The van der Waals surface area contributed by atoms with Gasteiger partial charge in [0.05, 0.1) is 5.41 Å². The number of ketones is 2. The standard InChI is InChI=1S/C32H44N2O6/c1-23-17-19-25(20-18-23)26(35)30(2,3)32(6,7)40-29(38)34-22-14-9-8-13-21-33-28(37)39-31(4,5)27(36)24-15-11-10-12-16-24/h10-12,15-20H,8-9,13-14,21-22H2,1-7H3,(H,33,37)(H,34,38). The Bertz CT molecular complexity index is 1150. The van der Waals surface area contributed by atoms with Gasteiger partial charge in [0, 0.05) is 24.2 Å². The maximum Gasteiger partial charge on any atom is 0.408 e. The highest BCUT2D eigenvalue weighted by molar-refractivity contribution is 6.03. The average Bonchev–Trinajstić information content (AvgIpc) is 2.89. The lowest BCUT2D eigenvalue weighted by Gasteiger charge is -2.39. The van der Waals surface area contributed by atoms with Crippen molar-refractivity contribution in [3.63, 3.8) is 0 Å². The molecule has 2 aromatic rings. The summed E-state index contributed by atoms with van der Waals surface area (Å²) >= 11 is 0. The minimum Gasteiger partial charge on any atom is -0.442 e. The van der Waals surface area contributed by atoms with Gasteiger partial charge < -0.3 is 20.1 Å². The third kappa shape index (κ3) is 9.21. The summed E-state index contributed by atoms with van der Waals surface area (Å²) in [5, 5.41) is 5.45. The zero-order valence-corrected chi connectivity index (χ0v) is 24.9. The molecule has 0 spiro atoms. The van der Waals surface area contributed by atoms with Gasteiger partial charge in [-0.2, -0.15) is 0 Å². The maximum absolute atomic E-state index is 13.1. The van der Waals surface area contributed by atoms with Crippen molar-refractivity contribution in [2.45, 2.75) is 85.4 Å². The molecule has 2 rings (SSSR count). The molecule has 0 saturated carbocycles. The smallest absolute Gasteiger partial charge is 0.408 e. The van der Waals surface area contributed by atoms with Crippen LogP contribution in [0.5, 0.6) is 0 Å². The molecular formula is C32H44N2O6. The van der Waals surface area contributed by atoms with Crippen molar-refractivity contribution in [3.05, 3.63) is 71.3 Å². The third-order valence-electron chi connectivity index (χ3n) is 7.31. The van der Waals surface area contributed by atoms with Crippen molar-refractivity contribution in [3.8, 4) is 0 Å². The zero-order chi connectivity index (χ0) is 30.0. The molecule has 0 saturated heterocycles. The number of ether oxygens (including phenoxy) is 2. The van der Waals surface area contributed by atoms with Gasteiger partial charge in [-0.1, -0.05) is 73.0 Å². The van der Waals surface area contributed by atoms with Crippen molar-refractivity contribution in [2.24, 2.45) is 5.41 Å². The van der Waals surface area contributed by atoms with Gasteiger partial charge in [0.1, 0.15) is 5.60 Å². The van der Waals surface area contributed by atoms with E-state index in [-0.39, 0.29) is 11.6 Å². The van der Waals surface area contributed by atoms with Crippen LogP contribution in [0.3, 0.4) is 0 Å². The fraction of sp³-hybridized carbons (Fsp3) is 0.500. The van der Waals surface area contributed by atoms with Crippen molar-refractivity contribution < 1.29 is 28.7 Å². The molecule has 8 heteroatoms. The number of benzene rings is 2. The molecule has 40 heavy (non-hydrogen) atoms. The van der Waals surface area contributed by atoms with E-state index >= 15 is 0 Å². The highest BCUT2D eigenvalue weighted by atomic mass is 16.6. The second-order valence-electron chi connectivity index (χ2n) is 11.6. The SMILES string of the molecule is Cc1ccc(C(=O)C(C)(C)C(C)(C)OC(=O)NCCCCCCNC(=O)OC(C)(C)C(=O)c2ccccc2)cc1. The number of carbonyl (C=O) groups is 4. The summed E-state index contributed by atoms with van der Waals surface area (Å²) in [7, 11) is 0. The van der Waals surface area contributed by atoms with Crippen molar-refractivity contribution in [2.75, 3.05) is 13.1 Å². The summed E-state index contributed by atoms with van der Waals surface area (Å²) in [5.41, 5.74) is -1.10. The van der Waals surface area contributed by atoms with E-state index in [1.807, 2.05) is 25.1 Å². The first-order valence-electron chi connectivity index (χ1n) is 13.8. The molecule has 0 fully saturated rings. The molecule has 0 aliphatic heterocycles. The minimum absolute atomic E-state index is 0.0888. The van der Waals surface area contributed by atoms with Gasteiger partial charge in [0.15, 0.2) is 11.4 Å². The van der Waals surface area contributed by atoms with E-state index in [0.717, 1.165) is 31.2 Å². The number of Topliss-reactive ketones (excluding diaryl/α,β-unsaturated/α-hetero) is 2. The molecule has 0 unspecified atom stereocenters. The Labute approximate surface area is 238 Å². The molecule has 2 N–H and O–H groups in total. The van der Waals surface area contributed by atoms with E-state index in [9.17, 15) is 19.2 Å². The lowest BCUT2D eigenvalue weighted by Crippen LogP contribution is -2.49. The predicted octanol–water partition coefficient (Wildman–Crippen LogP) is 6.66. The van der Waals surface area contributed by atoms with Crippen LogP contribution in [0.2, 0.25) is 0 Å². The zero-order valence-electron chi connectivity index (χ0n) is 24.9. The van der Waals surface area contributed by atoms with Crippen molar-refractivity contribution in [1.82, 2.24) is 10.6 Å². The summed E-state index contributed by atoms with van der Waals surface area (Å²) in [4.78, 5) is 50.3. The summed E-state index contributed by atoms with van der Waals surface area (Å²) in [6.45, 7) is 13.0. The van der Waals surface area contributed by atoms with Crippen molar-refractivity contribution >= 4 is 23.8 Å². The van der Waals surface area contributed by atoms with E-state index in [2.05, 4.69) is 10.6 Å². The first-order chi connectivity index (χ1) is 18.7. The number of hydrogen-bond acceptors (Lipinski definition) is 6. The highest BCUT2D eigenvalue weighted by Gasteiger charge is 2.46. The Morgan fingerprint density at radius 2 is 1.10 bits per heavy atom. The van der Waals surface area contributed by atoms with Crippen LogP contribution in [0.4, 0.5) is 9.59 Å². The molecule has 2 aromatic carbocycles. The number of carbonyl (C=O) groups excluding carboxylic acids is 4.